The lowest BCUT2D eigenvalue weighted by Crippen LogP contribution is -2.60. The van der Waals surface area contributed by atoms with Crippen molar-refractivity contribution in [2.75, 3.05) is 18.1 Å². The van der Waals surface area contributed by atoms with Gasteiger partial charge in [-0.15, -0.1) is 0 Å². The first-order valence-electron chi connectivity index (χ1n) is 25.4. The van der Waals surface area contributed by atoms with Crippen LogP contribution in [0.2, 0.25) is 0 Å². The van der Waals surface area contributed by atoms with E-state index < -0.39 is 138 Å². The number of hydrogen-bond donors (Lipinski definition) is 10. The van der Waals surface area contributed by atoms with Gasteiger partial charge in [0, 0.05) is 43.2 Å². The summed E-state index contributed by atoms with van der Waals surface area (Å²) in [5, 5.41) is 48.1. The molecule has 0 aromatic heterocycles. The molecule has 8 atom stereocenters. The van der Waals surface area contributed by atoms with Crippen molar-refractivity contribution in [3.8, 4) is 5.75 Å². The number of unbranched alkanes of at least 4 members (excludes halogenated alkanes) is 1. The molecule has 0 radical (unpaired) electrons. The zero-order chi connectivity index (χ0) is 58.0. The number of ether oxygens (including phenoxy) is 1. The summed E-state index contributed by atoms with van der Waals surface area (Å²) in [6, 6.07) is 10.8. The van der Waals surface area contributed by atoms with Crippen LogP contribution in [0, 0.1) is 5.92 Å². The predicted octanol–water partition coefficient (Wildman–Crippen LogP) is 3.81. The van der Waals surface area contributed by atoms with Gasteiger partial charge in [-0.1, -0.05) is 94.4 Å². The second-order valence-corrected chi connectivity index (χ2v) is 22.6. The molecule has 3 aromatic carbocycles. The van der Waals surface area contributed by atoms with E-state index in [0.717, 1.165) is 39.6 Å². The quantitative estimate of drug-likeness (QED) is 0.0721. The predicted molar refractivity (Wildman–Crippen MR) is 288 cm³/mol. The highest BCUT2D eigenvalue weighted by molar-refractivity contribution is 8.76. The van der Waals surface area contributed by atoms with Crippen LogP contribution in [0.25, 0.3) is 5.57 Å². The van der Waals surface area contributed by atoms with Crippen LogP contribution in [-0.2, 0) is 62.4 Å². The van der Waals surface area contributed by atoms with Crippen LogP contribution in [0.3, 0.4) is 0 Å². The minimum Gasteiger partial charge on any atom is -0.508 e. The molecule has 428 valence electrons. The number of fused-ring (bicyclic) bond motifs is 1. The van der Waals surface area contributed by atoms with Crippen LogP contribution in [0.15, 0.2) is 84.9 Å². The van der Waals surface area contributed by atoms with Crippen molar-refractivity contribution in [2.24, 2.45) is 5.92 Å². The molecule has 1 fully saturated rings. The number of carboxylic acid groups (broad SMARTS) is 1. The second kappa shape index (κ2) is 29.2. The Hall–Kier alpha value is -7.12. The van der Waals surface area contributed by atoms with E-state index in [1.807, 2.05) is 24.3 Å². The third-order valence-corrected chi connectivity index (χ3v) is 15.0. The van der Waals surface area contributed by atoms with Crippen LogP contribution in [-0.4, -0.2) is 141 Å². The molecule has 0 saturated carbocycles. The number of aliphatic hydroxyl groups excluding tert-OH is 1. The number of carboxylic acids is 1. The number of aliphatic carboxylic acids is 1. The van der Waals surface area contributed by atoms with E-state index >= 15 is 0 Å². The van der Waals surface area contributed by atoms with Gasteiger partial charge in [0.15, 0.2) is 5.78 Å². The number of halogens is 3. The number of alkyl carbamates (subject to hydrolysis) is 1. The largest absolute Gasteiger partial charge is 0.508 e. The number of aliphatic hydroxyl groups is 1. The van der Waals surface area contributed by atoms with Gasteiger partial charge in [-0.3, -0.25) is 33.6 Å². The molecule has 79 heavy (non-hydrogen) atoms. The summed E-state index contributed by atoms with van der Waals surface area (Å²) in [6.45, 7) is 6.30. The molecule has 10 N–H and O–H groups in total. The van der Waals surface area contributed by atoms with Crippen LogP contribution in [0.5, 0.6) is 5.75 Å². The molecule has 7 amide bonds. The molecule has 1 aliphatic carbocycles. The average molecular weight is 1140 g/mol. The van der Waals surface area contributed by atoms with E-state index in [2.05, 4.69) is 31.9 Å². The summed E-state index contributed by atoms with van der Waals surface area (Å²) >= 11 is 0. The van der Waals surface area contributed by atoms with Crippen molar-refractivity contribution < 1.29 is 76.4 Å². The summed E-state index contributed by atoms with van der Waals surface area (Å²) in [4.78, 5) is 124. The fraction of sp³-hybridized carbons (Fsp3) is 0.463. The molecule has 1 heterocycles. The lowest BCUT2D eigenvalue weighted by molar-refractivity contribution is -0.174. The maximum Gasteiger partial charge on any atom is 0.471 e. The lowest BCUT2D eigenvalue weighted by atomic mass is 9.90. The van der Waals surface area contributed by atoms with E-state index in [1.54, 1.807) is 50.4 Å². The highest BCUT2D eigenvalue weighted by Crippen LogP contribution is 2.31. The van der Waals surface area contributed by atoms with Crippen molar-refractivity contribution in [2.45, 2.75) is 133 Å². The highest BCUT2D eigenvalue weighted by atomic mass is 33.1. The number of alkyl halides is 3. The molecule has 2 aliphatic rings. The summed E-state index contributed by atoms with van der Waals surface area (Å²) in [5.41, 5.74) is 2.33. The fourth-order valence-corrected chi connectivity index (χ4v) is 10.8. The van der Waals surface area contributed by atoms with E-state index in [0.29, 0.717) is 23.1 Å². The summed E-state index contributed by atoms with van der Waals surface area (Å²) in [7, 11) is 1.62. The Balaban J connectivity index is 1.56. The number of carbonyl (C=O) groups is 9. The molecule has 5 rings (SSSR count). The van der Waals surface area contributed by atoms with Gasteiger partial charge in [0.1, 0.15) is 41.6 Å². The van der Waals surface area contributed by atoms with Crippen LogP contribution < -0.4 is 37.2 Å². The van der Waals surface area contributed by atoms with Crippen molar-refractivity contribution in [1.82, 2.24) is 37.2 Å². The standard InChI is InChI=1S/C54H66F3N7O13S2/c1-30(65)44-49(72)62-42(50(73)74)29-79-78-28-41(61-47(70)39(63-51(75)54(55,56)57)25-31-12-6-5-7-13-31)43(67)27-35(24-32-17-21-36(66)22-18-32)45(68)60-40(26-34-20-19-33-14-8-9-15-37(33)34)48(71)59-38(46(69)64-44)16-10-11-23-58-52(76)77-53(2,3)4/h5-9,12-15,17-18,20-22,30,35,38-42,44,65-66H,10-11,16,19,23-29H2,1-4H3,(H,58,76)(H,59,71)(H,60,68)(H,61,70)(H,62,72)(H,63,75)(H,64,69)(H,73,74)/t30-,35-,38+,39-,40-,41+,42+,44+/m1/s1. The minimum absolute atomic E-state index is 0.0869. The Morgan fingerprint density at radius 2 is 1.42 bits per heavy atom. The topological polar surface area (TPSA) is 308 Å². The van der Waals surface area contributed by atoms with Gasteiger partial charge in [0.2, 0.25) is 29.5 Å². The number of phenolic OH excluding ortho intramolecular Hbond substituents is 1. The Morgan fingerprint density at radius 3 is 2.08 bits per heavy atom. The van der Waals surface area contributed by atoms with Crippen molar-refractivity contribution >= 4 is 80.4 Å². The molecular formula is C54H66F3N7O13S2. The maximum absolute atomic E-state index is 14.9. The van der Waals surface area contributed by atoms with E-state index in [-0.39, 0.29) is 44.4 Å². The second-order valence-electron chi connectivity index (χ2n) is 20.0. The Bertz CT molecular complexity index is 2690. The van der Waals surface area contributed by atoms with Crippen molar-refractivity contribution in [1.29, 1.82) is 0 Å². The zero-order valence-corrected chi connectivity index (χ0v) is 45.5. The van der Waals surface area contributed by atoms with Crippen LogP contribution in [0.1, 0.15) is 82.1 Å². The van der Waals surface area contributed by atoms with Crippen LogP contribution >= 0.6 is 21.6 Å². The number of aromatic hydroxyl groups is 1. The highest BCUT2D eigenvalue weighted by Gasteiger charge is 2.42. The zero-order valence-electron chi connectivity index (χ0n) is 43.9. The molecule has 1 aliphatic heterocycles. The van der Waals surface area contributed by atoms with Gasteiger partial charge in [-0.05, 0) is 99.8 Å². The van der Waals surface area contributed by atoms with Gasteiger partial charge in [0.25, 0.3) is 0 Å². The molecule has 20 nitrogen and oxygen atoms in total. The smallest absolute Gasteiger partial charge is 0.471 e. The number of phenols is 1. The molecule has 0 bridgehead atoms. The number of benzene rings is 3. The number of allylic oxidation sites excluding steroid dienone is 1. The number of nitrogens with one attached hydrogen (secondary N) is 7. The molecule has 0 spiro atoms. The number of Topliss-reactive ketones (excluding diaryl/α,β-unsaturated/α-hetero) is 1. The number of carbonyl (C=O) groups excluding carboxylic acids is 8. The first-order chi connectivity index (χ1) is 37.3. The van der Waals surface area contributed by atoms with E-state index in [9.17, 15) is 71.6 Å². The molecule has 0 unspecified atom stereocenters. The van der Waals surface area contributed by atoms with Gasteiger partial charge >= 0.3 is 24.1 Å². The van der Waals surface area contributed by atoms with Crippen molar-refractivity contribution in [3.05, 3.63) is 107 Å². The third-order valence-electron chi connectivity index (χ3n) is 12.5. The number of hydrogen-bond acceptors (Lipinski definition) is 14. The van der Waals surface area contributed by atoms with E-state index in [1.165, 1.54) is 36.4 Å². The van der Waals surface area contributed by atoms with Gasteiger partial charge < -0.3 is 57.3 Å². The molecular weight excluding hydrogens is 1080 g/mol. The van der Waals surface area contributed by atoms with Crippen molar-refractivity contribution in [3.63, 3.8) is 0 Å². The Kier molecular flexibility index (Phi) is 23.2. The molecule has 25 heteroatoms. The SMILES string of the molecule is C[C@@H](O)[C@@H]1NC(=O)[C@H](CCCCNC(=O)OC(C)(C)C)NC(=O)[C@@H](CC2=CCc3ccccc32)NC(=O)[C@H](Cc2ccc(O)cc2)CC(=O)[C@@H](NC(=O)[C@@H](Cc2ccccc2)NC(=O)C(F)(F)F)CSSC[C@@H](C(=O)O)NC1=O. The number of amides is 7. The Morgan fingerprint density at radius 1 is 0.772 bits per heavy atom. The first kappa shape index (κ1) is 62.7. The van der Waals surface area contributed by atoms with Gasteiger partial charge in [-0.2, -0.15) is 13.2 Å². The summed E-state index contributed by atoms with van der Waals surface area (Å²) in [5.74, 6) is -12.2. The van der Waals surface area contributed by atoms with E-state index in [4.69, 9.17) is 4.74 Å². The fourth-order valence-electron chi connectivity index (χ4n) is 8.46. The molecule has 3 aromatic rings. The third kappa shape index (κ3) is 20.2. The number of rotatable bonds is 16. The minimum atomic E-state index is -5.41. The lowest BCUT2D eigenvalue weighted by Gasteiger charge is -2.28. The van der Waals surface area contributed by atoms with Gasteiger partial charge in [-0.25, -0.2) is 9.59 Å². The maximum atomic E-state index is 14.9. The first-order valence-corrected chi connectivity index (χ1v) is 27.9. The molecule has 1 saturated heterocycles. The average Bonchev–Trinajstić information content (AvgIpc) is 3.89. The van der Waals surface area contributed by atoms with Crippen LogP contribution in [0.4, 0.5) is 18.0 Å². The summed E-state index contributed by atoms with van der Waals surface area (Å²) in [6.07, 6.45) is -6.60. The Labute approximate surface area is 462 Å². The normalized spacial score (nSPS) is 21.8. The monoisotopic (exact) mass is 1140 g/mol. The number of ketones is 1. The summed E-state index contributed by atoms with van der Waals surface area (Å²) < 4.78 is 46.2. The van der Waals surface area contributed by atoms with Gasteiger partial charge in [0.05, 0.1) is 12.1 Å².